The molecule has 15 heavy (non-hydrogen) atoms. The molecule has 1 aromatic rings. The van der Waals surface area contributed by atoms with Gasteiger partial charge in [0.25, 0.3) is 0 Å². The summed E-state index contributed by atoms with van der Waals surface area (Å²) in [6.07, 6.45) is 1.53. The molecule has 0 saturated carbocycles. The highest BCUT2D eigenvalue weighted by molar-refractivity contribution is 5.84. The van der Waals surface area contributed by atoms with Gasteiger partial charge in [-0.2, -0.15) is 0 Å². The Morgan fingerprint density at radius 2 is 2.27 bits per heavy atom. The van der Waals surface area contributed by atoms with Crippen LogP contribution in [0, 0.1) is 0 Å². The molecule has 0 aliphatic carbocycles. The third-order valence-electron chi connectivity index (χ3n) is 1.98. The quantitative estimate of drug-likeness (QED) is 0.732. The molecule has 0 saturated heterocycles. The van der Waals surface area contributed by atoms with Crippen LogP contribution in [0.15, 0.2) is 23.2 Å². The van der Waals surface area contributed by atoms with Crippen molar-refractivity contribution in [1.82, 2.24) is 0 Å². The molecule has 2 N–H and O–H groups in total. The van der Waals surface area contributed by atoms with E-state index < -0.39 is 0 Å². The molecule has 0 aromatic heterocycles. The number of para-hydroxylation sites is 1. The van der Waals surface area contributed by atoms with Gasteiger partial charge in [-0.1, -0.05) is 6.07 Å². The summed E-state index contributed by atoms with van der Waals surface area (Å²) in [5.41, 5.74) is 0.578. The second kappa shape index (κ2) is 5.36. The van der Waals surface area contributed by atoms with Crippen LogP contribution in [0.5, 0.6) is 11.5 Å². The second-order valence-electron chi connectivity index (χ2n) is 3.21. The topological polar surface area (TPSA) is 62.0 Å². The van der Waals surface area contributed by atoms with Gasteiger partial charge in [-0.25, -0.2) is 0 Å². The van der Waals surface area contributed by atoms with Gasteiger partial charge in [0, 0.05) is 11.8 Å². The molecule has 0 radical (unpaired) electrons. The van der Waals surface area contributed by atoms with Crippen LogP contribution in [-0.4, -0.2) is 36.2 Å². The lowest BCUT2D eigenvalue weighted by atomic mass is 10.2. The van der Waals surface area contributed by atoms with Gasteiger partial charge in [-0.15, -0.1) is 0 Å². The number of hydrogen-bond donors (Lipinski definition) is 2. The predicted molar refractivity (Wildman–Crippen MR) is 58.8 cm³/mol. The molecule has 1 atom stereocenters. The first-order chi connectivity index (χ1) is 7.19. The van der Waals surface area contributed by atoms with Crippen molar-refractivity contribution in [2.45, 2.75) is 13.0 Å². The van der Waals surface area contributed by atoms with E-state index >= 15 is 0 Å². The number of rotatable bonds is 4. The largest absolute Gasteiger partial charge is 0.504 e. The minimum atomic E-state index is -0.171. The molecule has 0 fully saturated rings. The van der Waals surface area contributed by atoms with E-state index in [1.165, 1.54) is 13.3 Å². The molecular formula is C11H15NO3. The number of aliphatic hydroxyl groups is 1. The number of methoxy groups -OCH3 is 1. The standard InChI is InChI=1S/C11H15NO3/c1-8(7-13)12-6-9-4-3-5-10(15-2)11(9)14/h3-6,8,13-14H,7H2,1-2H3. The molecule has 0 aliphatic heterocycles. The van der Waals surface area contributed by atoms with Crippen molar-refractivity contribution in [3.63, 3.8) is 0 Å². The summed E-state index contributed by atoms with van der Waals surface area (Å²) in [6.45, 7) is 1.77. The monoisotopic (exact) mass is 209 g/mol. The number of ether oxygens (including phenoxy) is 1. The van der Waals surface area contributed by atoms with Crippen molar-refractivity contribution in [2.24, 2.45) is 4.99 Å². The maximum Gasteiger partial charge on any atom is 0.166 e. The van der Waals surface area contributed by atoms with Crippen LogP contribution in [0.2, 0.25) is 0 Å². The second-order valence-corrected chi connectivity index (χ2v) is 3.21. The van der Waals surface area contributed by atoms with Crippen LogP contribution in [0.3, 0.4) is 0 Å². The number of phenolic OH excluding ortho intramolecular Hbond substituents is 1. The molecular weight excluding hydrogens is 194 g/mol. The average Bonchev–Trinajstić information content (AvgIpc) is 2.27. The zero-order valence-corrected chi connectivity index (χ0v) is 8.84. The van der Waals surface area contributed by atoms with E-state index in [0.717, 1.165) is 0 Å². The lowest BCUT2D eigenvalue weighted by molar-refractivity contribution is 0.275. The maximum atomic E-state index is 9.70. The summed E-state index contributed by atoms with van der Waals surface area (Å²) in [5.74, 6) is 0.476. The first-order valence-corrected chi connectivity index (χ1v) is 4.69. The number of benzene rings is 1. The SMILES string of the molecule is COc1cccc(C=NC(C)CO)c1O. The van der Waals surface area contributed by atoms with Crippen LogP contribution < -0.4 is 4.74 Å². The van der Waals surface area contributed by atoms with Crippen LogP contribution in [0.1, 0.15) is 12.5 Å². The third-order valence-corrected chi connectivity index (χ3v) is 1.98. The summed E-state index contributed by atoms with van der Waals surface area (Å²) in [5, 5.41) is 18.5. The van der Waals surface area contributed by atoms with E-state index in [-0.39, 0.29) is 18.4 Å². The molecule has 0 aliphatic rings. The number of hydrogen-bond acceptors (Lipinski definition) is 4. The van der Waals surface area contributed by atoms with Gasteiger partial charge in [0.2, 0.25) is 0 Å². The van der Waals surface area contributed by atoms with Gasteiger partial charge in [0.1, 0.15) is 0 Å². The first kappa shape index (κ1) is 11.5. The Labute approximate surface area is 88.9 Å². The minimum Gasteiger partial charge on any atom is -0.504 e. The third kappa shape index (κ3) is 2.95. The molecule has 0 bridgehead atoms. The molecule has 4 nitrogen and oxygen atoms in total. The zero-order chi connectivity index (χ0) is 11.3. The molecule has 0 amide bonds. The summed E-state index contributed by atoms with van der Waals surface area (Å²) < 4.78 is 4.96. The highest BCUT2D eigenvalue weighted by Gasteiger charge is 2.04. The molecule has 1 unspecified atom stereocenters. The fourth-order valence-electron chi connectivity index (χ4n) is 1.06. The number of aliphatic hydroxyl groups excluding tert-OH is 1. The summed E-state index contributed by atoms with van der Waals surface area (Å²) >= 11 is 0. The van der Waals surface area contributed by atoms with Gasteiger partial charge < -0.3 is 14.9 Å². The van der Waals surface area contributed by atoms with Crippen LogP contribution in [-0.2, 0) is 0 Å². The molecule has 0 heterocycles. The highest BCUT2D eigenvalue weighted by atomic mass is 16.5. The van der Waals surface area contributed by atoms with E-state index in [0.29, 0.717) is 11.3 Å². The van der Waals surface area contributed by atoms with Crippen molar-refractivity contribution < 1.29 is 14.9 Å². The lowest BCUT2D eigenvalue weighted by Gasteiger charge is -2.05. The van der Waals surface area contributed by atoms with E-state index in [9.17, 15) is 5.11 Å². The number of aromatic hydroxyl groups is 1. The zero-order valence-electron chi connectivity index (χ0n) is 8.84. The Kier molecular flexibility index (Phi) is 4.12. The molecule has 1 rings (SSSR count). The predicted octanol–water partition coefficient (Wildman–Crippen LogP) is 1.20. The fourth-order valence-corrected chi connectivity index (χ4v) is 1.06. The average molecular weight is 209 g/mol. The molecule has 1 aromatic carbocycles. The Hall–Kier alpha value is -1.55. The van der Waals surface area contributed by atoms with Crippen molar-refractivity contribution >= 4 is 6.21 Å². The molecule has 4 heteroatoms. The maximum absolute atomic E-state index is 9.70. The fraction of sp³-hybridized carbons (Fsp3) is 0.364. The first-order valence-electron chi connectivity index (χ1n) is 4.69. The van der Waals surface area contributed by atoms with E-state index in [2.05, 4.69) is 4.99 Å². The Morgan fingerprint density at radius 1 is 1.53 bits per heavy atom. The Balaban J connectivity index is 2.90. The van der Waals surface area contributed by atoms with Gasteiger partial charge in [0.15, 0.2) is 11.5 Å². The lowest BCUT2D eigenvalue weighted by Crippen LogP contribution is -2.04. The van der Waals surface area contributed by atoms with E-state index in [1.807, 2.05) is 0 Å². The summed E-state index contributed by atoms with van der Waals surface area (Å²) in [4.78, 5) is 4.06. The van der Waals surface area contributed by atoms with Crippen molar-refractivity contribution in [1.29, 1.82) is 0 Å². The van der Waals surface area contributed by atoms with Gasteiger partial charge >= 0.3 is 0 Å². The van der Waals surface area contributed by atoms with Gasteiger partial charge in [-0.05, 0) is 19.1 Å². The summed E-state index contributed by atoms with van der Waals surface area (Å²) in [7, 11) is 1.49. The molecule has 82 valence electrons. The van der Waals surface area contributed by atoms with Gasteiger partial charge in [0.05, 0.1) is 19.8 Å². The number of nitrogens with zero attached hydrogens (tertiary/aromatic N) is 1. The minimum absolute atomic E-state index is 0.0127. The molecule has 0 spiro atoms. The van der Waals surface area contributed by atoms with Crippen LogP contribution >= 0.6 is 0 Å². The highest BCUT2D eigenvalue weighted by Crippen LogP contribution is 2.27. The van der Waals surface area contributed by atoms with Crippen LogP contribution in [0.25, 0.3) is 0 Å². The van der Waals surface area contributed by atoms with E-state index in [4.69, 9.17) is 9.84 Å². The number of phenols is 1. The number of aliphatic imine (C=N–C) groups is 1. The normalized spacial score (nSPS) is 13.0. The smallest absolute Gasteiger partial charge is 0.166 e. The van der Waals surface area contributed by atoms with Crippen molar-refractivity contribution in [2.75, 3.05) is 13.7 Å². The summed E-state index contributed by atoms with van der Waals surface area (Å²) in [6, 6.07) is 4.99. The van der Waals surface area contributed by atoms with Gasteiger partial charge in [-0.3, -0.25) is 4.99 Å². The Bertz CT molecular complexity index is 350. The van der Waals surface area contributed by atoms with Crippen LogP contribution in [0.4, 0.5) is 0 Å². The van der Waals surface area contributed by atoms with E-state index in [1.54, 1.807) is 25.1 Å². The van der Waals surface area contributed by atoms with Crippen molar-refractivity contribution in [3.8, 4) is 11.5 Å². The Morgan fingerprint density at radius 3 is 2.87 bits per heavy atom. The van der Waals surface area contributed by atoms with Crippen molar-refractivity contribution in [3.05, 3.63) is 23.8 Å².